The molecule has 7 heteroatoms. The van der Waals surface area contributed by atoms with E-state index < -0.39 is 0 Å². The van der Waals surface area contributed by atoms with E-state index in [2.05, 4.69) is 15.8 Å². The van der Waals surface area contributed by atoms with Crippen molar-refractivity contribution in [2.24, 2.45) is 11.8 Å². The molecule has 2 unspecified atom stereocenters. The minimum atomic E-state index is -0.341. The second-order valence-electron chi connectivity index (χ2n) is 5.66. The number of aryl methyl sites for hydroxylation is 1. The summed E-state index contributed by atoms with van der Waals surface area (Å²) in [6.45, 7) is 3.57. The van der Waals surface area contributed by atoms with Crippen LogP contribution in [0.3, 0.4) is 0 Å². The number of hydrogen-bond acceptors (Lipinski definition) is 4. The summed E-state index contributed by atoms with van der Waals surface area (Å²) in [5, 5.41) is 9.77. The van der Waals surface area contributed by atoms with E-state index in [1.54, 1.807) is 31.2 Å². The number of carbonyl (C=O) groups is 2. The summed E-state index contributed by atoms with van der Waals surface area (Å²) < 4.78 is 4.89. The molecule has 0 aliphatic heterocycles. The van der Waals surface area contributed by atoms with Crippen molar-refractivity contribution in [1.82, 2.24) is 5.16 Å². The maximum atomic E-state index is 12.2. The van der Waals surface area contributed by atoms with E-state index in [0.29, 0.717) is 28.7 Å². The van der Waals surface area contributed by atoms with E-state index in [4.69, 9.17) is 16.1 Å². The number of carbonyl (C=O) groups excluding carboxylic acids is 2. The smallest absolute Gasteiger partial charge is 0.229 e. The van der Waals surface area contributed by atoms with Gasteiger partial charge in [-0.25, -0.2) is 0 Å². The fourth-order valence-electron chi connectivity index (χ4n) is 2.39. The number of nitrogens with zero attached hydrogens (tertiary/aromatic N) is 1. The van der Waals surface area contributed by atoms with Crippen LogP contribution < -0.4 is 10.6 Å². The van der Waals surface area contributed by atoms with Crippen LogP contribution in [0.5, 0.6) is 0 Å². The van der Waals surface area contributed by atoms with Crippen molar-refractivity contribution in [3.63, 3.8) is 0 Å². The van der Waals surface area contributed by atoms with E-state index in [1.807, 2.05) is 6.92 Å². The standard InChI is InChI=1S/C16H16ClN3O3/c1-8-6-14(20-23-8)19-16(22)11-7-10(11)15(21)18-13-5-3-4-12(17)9(13)2/h3-6,10-11H,7H2,1-2H3,(H,18,21)(H,19,20,22). The molecule has 0 saturated heterocycles. The molecule has 3 rings (SSSR count). The molecule has 0 bridgehead atoms. The van der Waals surface area contributed by atoms with Gasteiger partial charge in [0.1, 0.15) is 5.76 Å². The van der Waals surface area contributed by atoms with Gasteiger partial charge in [-0.2, -0.15) is 0 Å². The third-order valence-corrected chi connectivity index (χ3v) is 4.28. The van der Waals surface area contributed by atoms with E-state index in [-0.39, 0.29) is 23.7 Å². The Bertz CT molecular complexity index is 772. The lowest BCUT2D eigenvalue weighted by Gasteiger charge is -2.09. The molecule has 0 radical (unpaired) electrons. The number of aromatic nitrogens is 1. The van der Waals surface area contributed by atoms with Gasteiger partial charge in [-0.15, -0.1) is 0 Å². The molecule has 1 aromatic carbocycles. The summed E-state index contributed by atoms with van der Waals surface area (Å²) in [5.41, 5.74) is 1.47. The second kappa shape index (κ2) is 6.04. The molecule has 1 heterocycles. The van der Waals surface area contributed by atoms with Crippen molar-refractivity contribution in [2.75, 3.05) is 10.6 Å². The molecule has 1 saturated carbocycles. The molecule has 0 spiro atoms. The molecule has 6 nitrogen and oxygen atoms in total. The molecule has 2 atom stereocenters. The minimum Gasteiger partial charge on any atom is -0.360 e. The molecule has 2 amide bonds. The molecule has 2 aromatic rings. The average Bonchev–Trinajstić information content (AvgIpc) is 3.22. The van der Waals surface area contributed by atoms with Gasteiger partial charge in [0.25, 0.3) is 0 Å². The lowest BCUT2D eigenvalue weighted by molar-refractivity contribution is -0.122. The Morgan fingerprint density at radius 1 is 1.22 bits per heavy atom. The van der Waals surface area contributed by atoms with Crippen molar-refractivity contribution < 1.29 is 14.1 Å². The highest BCUT2D eigenvalue weighted by Gasteiger charge is 2.48. The highest BCUT2D eigenvalue weighted by Crippen LogP contribution is 2.40. The summed E-state index contributed by atoms with van der Waals surface area (Å²) in [5.74, 6) is -0.0907. The van der Waals surface area contributed by atoms with E-state index >= 15 is 0 Å². The molecule has 23 heavy (non-hydrogen) atoms. The Kier molecular flexibility index (Phi) is 4.09. The van der Waals surface area contributed by atoms with Gasteiger partial charge in [0.05, 0.1) is 11.8 Å². The maximum absolute atomic E-state index is 12.2. The lowest BCUT2D eigenvalue weighted by Crippen LogP contribution is -2.21. The number of benzene rings is 1. The van der Waals surface area contributed by atoms with Gasteiger partial charge in [0, 0.05) is 16.8 Å². The van der Waals surface area contributed by atoms with Gasteiger partial charge >= 0.3 is 0 Å². The third-order valence-electron chi connectivity index (χ3n) is 3.87. The Morgan fingerprint density at radius 3 is 2.57 bits per heavy atom. The first-order chi connectivity index (χ1) is 11.0. The monoisotopic (exact) mass is 333 g/mol. The molecule has 1 fully saturated rings. The van der Waals surface area contributed by atoms with Crippen molar-refractivity contribution in [1.29, 1.82) is 0 Å². The number of halogens is 1. The van der Waals surface area contributed by atoms with Crippen LogP contribution in [0.1, 0.15) is 17.7 Å². The summed E-state index contributed by atoms with van der Waals surface area (Å²) in [4.78, 5) is 24.3. The molecule has 1 aromatic heterocycles. The molecule has 1 aliphatic carbocycles. The zero-order chi connectivity index (χ0) is 16.6. The van der Waals surface area contributed by atoms with Gasteiger partial charge in [-0.1, -0.05) is 22.8 Å². The first-order valence-electron chi connectivity index (χ1n) is 7.26. The maximum Gasteiger partial charge on any atom is 0.229 e. The average molecular weight is 334 g/mol. The van der Waals surface area contributed by atoms with Crippen molar-refractivity contribution in [3.8, 4) is 0 Å². The molecular formula is C16H16ClN3O3. The van der Waals surface area contributed by atoms with Crippen molar-refractivity contribution in [3.05, 3.63) is 40.6 Å². The molecular weight excluding hydrogens is 318 g/mol. The van der Waals surface area contributed by atoms with E-state index in [1.165, 1.54) is 0 Å². The van der Waals surface area contributed by atoms with Gasteiger partial charge in [0.2, 0.25) is 11.8 Å². The largest absolute Gasteiger partial charge is 0.360 e. The molecule has 1 aliphatic rings. The summed E-state index contributed by atoms with van der Waals surface area (Å²) in [6.07, 6.45) is 0.522. The highest BCUT2D eigenvalue weighted by atomic mass is 35.5. The zero-order valence-electron chi connectivity index (χ0n) is 12.7. The fourth-order valence-corrected chi connectivity index (χ4v) is 2.56. The fraction of sp³-hybridized carbons (Fsp3) is 0.312. The predicted octanol–water partition coefficient (Wildman–Crippen LogP) is 3.16. The van der Waals surface area contributed by atoms with Crippen LogP contribution >= 0.6 is 11.6 Å². The Morgan fingerprint density at radius 2 is 1.91 bits per heavy atom. The SMILES string of the molecule is Cc1cc(NC(=O)C2CC2C(=O)Nc2cccc(Cl)c2C)no1. The lowest BCUT2D eigenvalue weighted by atomic mass is 10.2. The normalized spacial score (nSPS) is 19.3. The van der Waals surface area contributed by atoms with Gasteiger partial charge in [0.15, 0.2) is 5.82 Å². The van der Waals surface area contributed by atoms with Gasteiger partial charge < -0.3 is 15.2 Å². The second-order valence-corrected chi connectivity index (χ2v) is 6.07. The van der Waals surface area contributed by atoms with Gasteiger partial charge in [-0.05, 0) is 38.0 Å². The highest BCUT2D eigenvalue weighted by molar-refractivity contribution is 6.31. The first kappa shape index (κ1) is 15.6. The number of rotatable bonds is 4. The number of anilines is 2. The van der Waals surface area contributed by atoms with Crippen LogP contribution in [0.2, 0.25) is 5.02 Å². The van der Waals surface area contributed by atoms with Crippen LogP contribution in [0, 0.1) is 25.7 Å². The topological polar surface area (TPSA) is 84.2 Å². The van der Waals surface area contributed by atoms with Crippen molar-refractivity contribution >= 4 is 34.9 Å². The summed E-state index contributed by atoms with van der Waals surface area (Å²) in [6, 6.07) is 6.95. The Hall–Kier alpha value is -2.34. The first-order valence-corrected chi connectivity index (χ1v) is 7.63. The third kappa shape index (κ3) is 3.37. The van der Waals surface area contributed by atoms with E-state index in [9.17, 15) is 9.59 Å². The number of nitrogens with one attached hydrogen (secondary N) is 2. The minimum absolute atomic E-state index is 0.174. The number of amides is 2. The van der Waals surface area contributed by atoms with Crippen LogP contribution in [0.4, 0.5) is 11.5 Å². The molecule has 120 valence electrons. The summed E-state index contributed by atoms with van der Waals surface area (Å²) >= 11 is 6.03. The van der Waals surface area contributed by atoms with Crippen LogP contribution in [0.15, 0.2) is 28.8 Å². The Labute approximate surface area is 138 Å². The zero-order valence-corrected chi connectivity index (χ0v) is 13.5. The van der Waals surface area contributed by atoms with Crippen molar-refractivity contribution in [2.45, 2.75) is 20.3 Å². The van der Waals surface area contributed by atoms with Crippen LogP contribution in [0.25, 0.3) is 0 Å². The Balaban J connectivity index is 1.58. The quantitative estimate of drug-likeness (QED) is 0.900. The van der Waals surface area contributed by atoms with Crippen LogP contribution in [-0.4, -0.2) is 17.0 Å². The predicted molar refractivity (Wildman–Crippen MR) is 86.3 cm³/mol. The summed E-state index contributed by atoms with van der Waals surface area (Å²) in [7, 11) is 0. The van der Waals surface area contributed by atoms with Crippen LogP contribution in [-0.2, 0) is 9.59 Å². The number of hydrogen-bond donors (Lipinski definition) is 2. The van der Waals surface area contributed by atoms with E-state index in [0.717, 1.165) is 5.56 Å². The van der Waals surface area contributed by atoms with Gasteiger partial charge in [-0.3, -0.25) is 9.59 Å². The molecule has 2 N–H and O–H groups in total.